The molecule has 0 saturated heterocycles. The van der Waals surface area contributed by atoms with E-state index in [4.69, 9.17) is 11.6 Å². The maximum Gasteiger partial charge on any atom is 0.240 e. The average molecular weight is 431 g/mol. The fourth-order valence-electron chi connectivity index (χ4n) is 3.97. The van der Waals surface area contributed by atoms with Crippen LogP contribution in [0.4, 0.5) is 0 Å². The number of sulfone groups is 1. The van der Waals surface area contributed by atoms with Crippen LogP contribution in [0.2, 0.25) is 5.02 Å². The van der Waals surface area contributed by atoms with Crippen molar-refractivity contribution >= 4 is 38.2 Å². The summed E-state index contributed by atoms with van der Waals surface area (Å²) in [6, 6.07) is 13.6. The van der Waals surface area contributed by atoms with E-state index in [0.29, 0.717) is 10.4 Å². The Kier molecular flexibility index (Phi) is 5.65. The number of nitrogens with one attached hydrogen (secondary N) is 1. The van der Waals surface area contributed by atoms with Gasteiger partial charge in [0.2, 0.25) is 15.7 Å². The highest BCUT2D eigenvalue weighted by molar-refractivity contribution is 7.91. The molecular weight excluding hydrogens is 408 g/mol. The Balaban J connectivity index is 1.66. The van der Waals surface area contributed by atoms with Gasteiger partial charge in [-0.25, -0.2) is 8.42 Å². The van der Waals surface area contributed by atoms with E-state index in [0.717, 1.165) is 31.2 Å². The third-order valence-corrected chi connectivity index (χ3v) is 7.50. The summed E-state index contributed by atoms with van der Waals surface area (Å²) in [6.07, 6.45) is 7.08. The molecule has 1 saturated carbocycles. The van der Waals surface area contributed by atoms with E-state index in [1.54, 1.807) is 35.0 Å². The Bertz CT molecular complexity index is 1130. The van der Waals surface area contributed by atoms with Gasteiger partial charge >= 0.3 is 0 Å². The highest BCUT2D eigenvalue weighted by Crippen LogP contribution is 2.30. The molecule has 2 aromatic carbocycles. The molecule has 0 aliphatic heterocycles. The smallest absolute Gasteiger partial charge is 0.240 e. The fourth-order valence-corrected chi connectivity index (χ4v) is 5.58. The first-order valence-corrected chi connectivity index (χ1v) is 11.7. The summed E-state index contributed by atoms with van der Waals surface area (Å²) in [5.41, 5.74) is 0.721. The number of hydrogen-bond donors (Lipinski definition) is 1. The van der Waals surface area contributed by atoms with Gasteiger partial charge in [-0.05, 0) is 43.2 Å². The van der Waals surface area contributed by atoms with Gasteiger partial charge in [-0.15, -0.1) is 0 Å². The van der Waals surface area contributed by atoms with Crippen molar-refractivity contribution in [1.82, 2.24) is 9.88 Å². The SMILES string of the molecule is O=C(Cn1cc(S(=O)(=O)c2ccc(Cl)cc2)c2ccccc21)NC1CCCCC1. The van der Waals surface area contributed by atoms with Crippen LogP contribution in [0, 0.1) is 0 Å². The van der Waals surface area contributed by atoms with Crippen molar-refractivity contribution in [3.63, 3.8) is 0 Å². The number of carbonyl (C=O) groups excluding carboxylic acids is 1. The number of aromatic nitrogens is 1. The molecule has 0 spiro atoms. The summed E-state index contributed by atoms with van der Waals surface area (Å²) in [5.74, 6) is -0.0897. The van der Waals surface area contributed by atoms with Gasteiger partial charge in [0.1, 0.15) is 6.54 Å². The van der Waals surface area contributed by atoms with Crippen LogP contribution in [-0.4, -0.2) is 24.9 Å². The van der Waals surface area contributed by atoms with E-state index < -0.39 is 9.84 Å². The van der Waals surface area contributed by atoms with Crippen LogP contribution in [0.3, 0.4) is 0 Å². The zero-order chi connectivity index (χ0) is 20.4. The molecule has 1 aliphatic carbocycles. The van der Waals surface area contributed by atoms with Crippen molar-refractivity contribution in [2.24, 2.45) is 0 Å². The predicted octanol–water partition coefficient (Wildman–Crippen LogP) is 4.58. The van der Waals surface area contributed by atoms with E-state index in [1.165, 1.54) is 18.6 Å². The number of para-hydroxylation sites is 1. The van der Waals surface area contributed by atoms with Crippen LogP contribution in [0.25, 0.3) is 10.9 Å². The molecule has 1 heterocycles. The molecule has 1 N–H and O–H groups in total. The quantitative estimate of drug-likeness (QED) is 0.644. The maximum absolute atomic E-state index is 13.2. The minimum absolute atomic E-state index is 0.0897. The van der Waals surface area contributed by atoms with Crippen LogP contribution < -0.4 is 5.32 Å². The Hall–Kier alpha value is -2.31. The largest absolute Gasteiger partial charge is 0.352 e. The zero-order valence-corrected chi connectivity index (χ0v) is 17.5. The molecule has 7 heteroatoms. The number of halogens is 1. The van der Waals surface area contributed by atoms with Gasteiger partial charge in [0.15, 0.2) is 0 Å². The zero-order valence-electron chi connectivity index (χ0n) is 16.0. The minimum Gasteiger partial charge on any atom is -0.352 e. The summed E-state index contributed by atoms with van der Waals surface area (Å²) in [4.78, 5) is 13.0. The second-order valence-electron chi connectivity index (χ2n) is 7.50. The Labute approximate surface area is 175 Å². The van der Waals surface area contributed by atoms with Gasteiger partial charge in [0.25, 0.3) is 0 Å². The van der Waals surface area contributed by atoms with Gasteiger partial charge in [0, 0.05) is 28.2 Å². The van der Waals surface area contributed by atoms with Crippen LogP contribution in [-0.2, 0) is 21.2 Å². The molecule has 152 valence electrons. The lowest BCUT2D eigenvalue weighted by Crippen LogP contribution is -2.38. The first kappa shape index (κ1) is 20.0. The lowest BCUT2D eigenvalue weighted by molar-refractivity contribution is -0.122. The topological polar surface area (TPSA) is 68.2 Å². The first-order valence-electron chi connectivity index (χ1n) is 9.83. The molecule has 0 bridgehead atoms. The van der Waals surface area contributed by atoms with Crippen LogP contribution in [0.1, 0.15) is 32.1 Å². The number of rotatable bonds is 5. The molecule has 3 aromatic rings. The van der Waals surface area contributed by atoms with E-state index in [1.807, 2.05) is 12.1 Å². The average Bonchev–Trinajstić information content (AvgIpc) is 3.08. The van der Waals surface area contributed by atoms with Crippen molar-refractivity contribution in [2.45, 2.75) is 54.5 Å². The van der Waals surface area contributed by atoms with Gasteiger partial charge in [0.05, 0.1) is 9.79 Å². The number of hydrogen-bond acceptors (Lipinski definition) is 3. The Morgan fingerprint density at radius 2 is 1.72 bits per heavy atom. The molecule has 0 radical (unpaired) electrons. The molecule has 1 fully saturated rings. The summed E-state index contributed by atoms with van der Waals surface area (Å²) in [7, 11) is -3.74. The lowest BCUT2D eigenvalue weighted by Gasteiger charge is -2.22. The second-order valence-corrected chi connectivity index (χ2v) is 9.85. The van der Waals surface area contributed by atoms with Gasteiger partial charge in [-0.1, -0.05) is 49.1 Å². The molecule has 0 atom stereocenters. The monoisotopic (exact) mass is 430 g/mol. The number of benzene rings is 2. The van der Waals surface area contributed by atoms with Crippen molar-refractivity contribution < 1.29 is 13.2 Å². The molecule has 1 aliphatic rings. The molecule has 1 aromatic heterocycles. The number of amides is 1. The predicted molar refractivity (Wildman–Crippen MR) is 114 cm³/mol. The molecule has 0 unspecified atom stereocenters. The fraction of sp³-hybridized carbons (Fsp3) is 0.318. The van der Waals surface area contributed by atoms with Crippen molar-refractivity contribution in [3.05, 3.63) is 59.8 Å². The third kappa shape index (κ3) is 4.19. The van der Waals surface area contributed by atoms with Crippen LogP contribution in [0.15, 0.2) is 64.5 Å². The molecule has 4 rings (SSSR count). The number of carbonyl (C=O) groups is 1. The maximum atomic E-state index is 13.2. The highest BCUT2D eigenvalue weighted by atomic mass is 35.5. The Morgan fingerprint density at radius 3 is 2.45 bits per heavy atom. The Morgan fingerprint density at radius 1 is 1.03 bits per heavy atom. The summed E-state index contributed by atoms with van der Waals surface area (Å²) >= 11 is 5.90. The second kappa shape index (κ2) is 8.20. The summed E-state index contributed by atoms with van der Waals surface area (Å²) in [6.45, 7) is 0.0904. The van der Waals surface area contributed by atoms with E-state index in [2.05, 4.69) is 5.32 Å². The van der Waals surface area contributed by atoms with E-state index in [-0.39, 0.29) is 28.3 Å². The third-order valence-electron chi connectivity index (χ3n) is 5.45. The molecule has 29 heavy (non-hydrogen) atoms. The van der Waals surface area contributed by atoms with Crippen molar-refractivity contribution in [1.29, 1.82) is 0 Å². The molecular formula is C22H23ClN2O3S. The van der Waals surface area contributed by atoms with E-state index >= 15 is 0 Å². The van der Waals surface area contributed by atoms with Gasteiger partial charge < -0.3 is 9.88 Å². The van der Waals surface area contributed by atoms with Crippen molar-refractivity contribution in [3.8, 4) is 0 Å². The van der Waals surface area contributed by atoms with Gasteiger partial charge in [-0.2, -0.15) is 0 Å². The molecule has 1 amide bonds. The molecule has 5 nitrogen and oxygen atoms in total. The number of fused-ring (bicyclic) bond motifs is 1. The van der Waals surface area contributed by atoms with Crippen LogP contribution in [0.5, 0.6) is 0 Å². The first-order chi connectivity index (χ1) is 13.9. The highest BCUT2D eigenvalue weighted by Gasteiger charge is 2.24. The van der Waals surface area contributed by atoms with E-state index in [9.17, 15) is 13.2 Å². The summed E-state index contributed by atoms with van der Waals surface area (Å²) < 4.78 is 28.2. The standard InChI is InChI=1S/C22H23ClN2O3S/c23-16-10-12-18(13-11-16)29(27,28)21-14-25(20-9-5-4-8-19(20)21)15-22(26)24-17-6-2-1-3-7-17/h4-5,8-14,17H,1-3,6-7,15H2,(H,24,26). The lowest BCUT2D eigenvalue weighted by atomic mass is 9.95. The van der Waals surface area contributed by atoms with Crippen LogP contribution >= 0.6 is 11.6 Å². The van der Waals surface area contributed by atoms with Gasteiger partial charge in [-0.3, -0.25) is 4.79 Å². The minimum atomic E-state index is -3.74. The number of nitrogens with zero attached hydrogens (tertiary/aromatic N) is 1. The summed E-state index contributed by atoms with van der Waals surface area (Å²) in [5, 5.41) is 4.18. The normalized spacial score (nSPS) is 15.5. The van der Waals surface area contributed by atoms with Crippen molar-refractivity contribution in [2.75, 3.05) is 0 Å².